The molecular weight excluding hydrogens is 99.0 g/mol. The quantitative estimate of drug-likeness (QED) is 0.395. The molecule has 0 heterocycles. The molecule has 1 nitrogen and oxygen atoms in total. The Labute approximate surface area is 68.3 Å². The van der Waals surface area contributed by atoms with E-state index in [-0.39, 0.29) is 31.0 Å². The third-order valence-electron chi connectivity index (χ3n) is 0.789. The molecule has 0 N–H and O–H groups in total. The van der Waals surface area contributed by atoms with E-state index in [0.717, 1.165) is 0 Å². The smallest absolute Gasteiger partial charge is 1.00 e. The van der Waals surface area contributed by atoms with E-state index in [0.29, 0.717) is 18.6 Å². The van der Waals surface area contributed by atoms with Crippen molar-refractivity contribution >= 4 is 5.78 Å². The fourth-order valence-corrected chi connectivity index (χ4v) is 0.250. The number of ketones is 1. The molecule has 0 aromatic heterocycles. The van der Waals surface area contributed by atoms with E-state index < -0.39 is 0 Å². The van der Waals surface area contributed by atoms with Crippen LogP contribution in [-0.2, 0) is 4.79 Å². The Bertz CT molecular complexity index is 50.4. The number of hydrogen-bond donors (Lipinski definition) is 0. The van der Waals surface area contributed by atoms with Gasteiger partial charge < -0.3 is 1.43 Å². The van der Waals surface area contributed by atoms with E-state index >= 15 is 0 Å². The van der Waals surface area contributed by atoms with E-state index in [9.17, 15) is 4.79 Å². The number of rotatable bonds is 2. The summed E-state index contributed by atoms with van der Waals surface area (Å²) < 4.78 is 0. The van der Waals surface area contributed by atoms with Crippen LogP contribution in [-0.4, -0.2) is 5.78 Å². The average molecular weight is 110 g/mol. The maximum Gasteiger partial charge on any atom is 1.00 e. The van der Waals surface area contributed by atoms with Gasteiger partial charge in [-0.3, -0.25) is 4.79 Å². The van der Waals surface area contributed by atoms with Gasteiger partial charge in [0.15, 0.2) is 0 Å². The van der Waals surface area contributed by atoms with Crippen LogP contribution in [0.5, 0.6) is 0 Å². The van der Waals surface area contributed by atoms with Crippen LogP contribution in [0.15, 0.2) is 0 Å². The fourth-order valence-electron chi connectivity index (χ4n) is 0.250. The normalized spacial score (nSPS) is 7.14. The van der Waals surface area contributed by atoms with Crippen LogP contribution >= 0.6 is 0 Å². The third-order valence-corrected chi connectivity index (χ3v) is 0.789. The molecule has 0 aromatic rings. The van der Waals surface area contributed by atoms with Crippen molar-refractivity contribution in [1.29, 1.82) is 0 Å². The van der Waals surface area contributed by atoms with Gasteiger partial charge in [0, 0.05) is 12.8 Å². The van der Waals surface area contributed by atoms with Gasteiger partial charge in [-0.25, -0.2) is 0 Å². The second-order valence-electron chi connectivity index (χ2n) is 1.25. The average Bonchev–Trinajstić information content (AvgIpc) is 1.65. The molecule has 0 fully saturated rings. The molecular formula is C5H11NaO. The van der Waals surface area contributed by atoms with Crippen LogP contribution in [0, 0.1) is 0 Å². The summed E-state index contributed by atoms with van der Waals surface area (Å²) in [7, 11) is 0. The molecule has 0 saturated heterocycles. The molecule has 2 heteroatoms. The molecule has 0 amide bonds. The van der Waals surface area contributed by atoms with Gasteiger partial charge in [-0.2, -0.15) is 0 Å². The first kappa shape index (κ1) is 10.6. The summed E-state index contributed by atoms with van der Waals surface area (Å²) in [6, 6.07) is 0. The van der Waals surface area contributed by atoms with Gasteiger partial charge in [-0.1, -0.05) is 13.8 Å². The van der Waals surface area contributed by atoms with Crippen molar-refractivity contribution in [2.75, 3.05) is 0 Å². The van der Waals surface area contributed by atoms with Crippen LogP contribution in [0.4, 0.5) is 0 Å². The second-order valence-corrected chi connectivity index (χ2v) is 1.25. The molecule has 0 aromatic carbocycles. The van der Waals surface area contributed by atoms with Crippen molar-refractivity contribution in [2.24, 2.45) is 0 Å². The number of carbonyl (C=O) groups excluding carboxylic acids is 1. The Balaban J connectivity index is -0.000000125. The molecule has 0 radical (unpaired) electrons. The first-order valence-electron chi connectivity index (χ1n) is 2.33. The van der Waals surface area contributed by atoms with Gasteiger partial charge in [0.05, 0.1) is 0 Å². The van der Waals surface area contributed by atoms with Crippen molar-refractivity contribution in [1.82, 2.24) is 0 Å². The number of carbonyl (C=O) groups is 1. The number of Topliss-reactive ketones (excluding diaryl/α,β-unsaturated/α-hetero) is 1. The molecule has 0 aliphatic heterocycles. The van der Waals surface area contributed by atoms with Gasteiger partial charge in [-0.05, 0) is 0 Å². The van der Waals surface area contributed by atoms with Crippen LogP contribution in [0.3, 0.4) is 0 Å². The zero-order valence-corrected chi connectivity index (χ0v) is 7.32. The van der Waals surface area contributed by atoms with Crippen molar-refractivity contribution in [3.05, 3.63) is 0 Å². The molecule has 0 unspecified atom stereocenters. The maximum atomic E-state index is 10.2. The minimum Gasteiger partial charge on any atom is -1.00 e. The van der Waals surface area contributed by atoms with Gasteiger partial charge in [0.25, 0.3) is 0 Å². The summed E-state index contributed by atoms with van der Waals surface area (Å²) in [6.45, 7) is 3.76. The first-order chi connectivity index (χ1) is 2.81. The Kier molecular flexibility index (Phi) is 10.1. The van der Waals surface area contributed by atoms with Crippen molar-refractivity contribution in [2.45, 2.75) is 26.7 Å². The van der Waals surface area contributed by atoms with Crippen molar-refractivity contribution < 1.29 is 35.8 Å². The topological polar surface area (TPSA) is 17.1 Å². The van der Waals surface area contributed by atoms with Crippen molar-refractivity contribution in [3.63, 3.8) is 0 Å². The molecule has 7 heavy (non-hydrogen) atoms. The predicted octanol–water partition coefficient (Wildman–Crippen LogP) is -1.51. The van der Waals surface area contributed by atoms with Gasteiger partial charge in [-0.15, -0.1) is 0 Å². The Hall–Kier alpha value is 0.670. The first-order valence-corrected chi connectivity index (χ1v) is 2.33. The monoisotopic (exact) mass is 110 g/mol. The van der Waals surface area contributed by atoms with Crippen LogP contribution in [0.25, 0.3) is 0 Å². The second kappa shape index (κ2) is 6.67. The predicted molar refractivity (Wildman–Crippen MR) is 26.7 cm³/mol. The minimum absolute atomic E-state index is 0. The van der Waals surface area contributed by atoms with Gasteiger partial charge >= 0.3 is 29.6 Å². The standard InChI is InChI=1S/C5H10O.Na.H/c1-3-5(6)4-2;;/h3-4H2,1-2H3;;/q;+1;-1. The SMILES string of the molecule is CCC(=O)CC.[H-].[Na+]. The largest absolute Gasteiger partial charge is 1.00 e. The van der Waals surface area contributed by atoms with E-state index in [1.165, 1.54) is 0 Å². The molecule has 38 valence electrons. The van der Waals surface area contributed by atoms with E-state index in [1.807, 2.05) is 13.8 Å². The molecule has 0 rings (SSSR count). The number of hydrogen-bond acceptors (Lipinski definition) is 1. The summed E-state index contributed by atoms with van der Waals surface area (Å²) in [6.07, 6.45) is 1.38. The van der Waals surface area contributed by atoms with E-state index in [4.69, 9.17) is 0 Å². The van der Waals surface area contributed by atoms with Crippen molar-refractivity contribution in [3.8, 4) is 0 Å². The van der Waals surface area contributed by atoms with Gasteiger partial charge in [0.1, 0.15) is 5.78 Å². The van der Waals surface area contributed by atoms with Crippen LogP contribution < -0.4 is 29.6 Å². The zero-order chi connectivity index (χ0) is 4.99. The summed E-state index contributed by atoms with van der Waals surface area (Å²) >= 11 is 0. The Morgan fingerprint density at radius 1 is 1.43 bits per heavy atom. The van der Waals surface area contributed by atoms with Crippen LogP contribution in [0.1, 0.15) is 28.1 Å². The molecule has 0 atom stereocenters. The van der Waals surface area contributed by atoms with E-state index in [2.05, 4.69) is 0 Å². The summed E-state index contributed by atoms with van der Waals surface area (Å²) in [4.78, 5) is 10.2. The third kappa shape index (κ3) is 6.67. The summed E-state index contributed by atoms with van der Waals surface area (Å²) in [5, 5.41) is 0. The van der Waals surface area contributed by atoms with E-state index in [1.54, 1.807) is 0 Å². The van der Waals surface area contributed by atoms with Crippen LogP contribution in [0.2, 0.25) is 0 Å². The molecule has 0 spiro atoms. The molecule has 0 aliphatic rings. The fraction of sp³-hybridized carbons (Fsp3) is 0.800. The maximum absolute atomic E-state index is 10.2. The molecule has 0 aliphatic carbocycles. The zero-order valence-electron chi connectivity index (χ0n) is 6.32. The Morgan fingerprint density at radius 3 is 1.71 bits per heavy atom. The summed E-state index contributed by atoms with van der Waals surface area (Å²) in [5.41, 5.74) is 0. The molecule has 0 bridgehead atoms. The van der Waals surface area contributed by atoms with Gasteiger partial charge in [0.2, 0.25) is 0 Å². The Morgan fingerprint density at radius 2 is 1.71 bits per heavy atom. The minimum atomic E-state index is 0. The summed E-state index contributed by atoms with van der Waals surface area (Å²) in [5.74, 6) is 0.343. The molecule has 0 saturated carbocycles.